The summed E-state index contributed by atoms with van der Waals surface area (Å²) in [4.78, 5) is 12.2. The molecular weight excluding hydrogens is 234 g/mol. The molecule has 0 aromatic carbocycles. The molecule has 0 aliphatic heterocycles. The zero-order chi connectivity index (χ0) is 13.4. The fourth-order valence-corrected chi connectivity index (χ4v) is 2.28. The van der Waals surface area contributed by atoms with Gasteiger partial charge in [0.05, 0.1) is 11.2 Å². The van der Waals surface area contributed by atoms with Gasteiger partial charge in [-0.2, -0.15) is 0 Å². The van der Waals surface area contributed by atoms with E-state index in [1.807, 2.05) is 38.3 Å². The molecule has 3 rings (SSSR count). The molecule has 0 aliphatic carbocycles. The van der Waals surface area contributed by atoms with E-state index >= 15 is 0 Å². The number of nitrogens with zero attached hydrogens (tertiary/aromatic N) is 2. The molecule has 3 heteroatoms. The summed E-state index contributed by atoms with van der Waals surface area (Å²) in [6.07, 6.45) is 5.69. The van der Waals surface area contributed by atoms with Gasteiger partial charge in [-0.05, 0) is 37.6 Å². The molecule has 0 saturated carbocycles. The minimum Gasteiger partial charge on any atom is -0.339 e. The van der Waals surface area contributed by atoms with Crippen LogP contribution in [0.2, 0.25) is 0 Å². The van der Waals surface area contributed by atoms with Gasteiger partial charge in [-0.1, -0.05) is 18.2 Å². The van der Waals surface area contributed by atoms with E-state index in [4.69, 9.17) is 0 Å². The minimum atomic E-state index is 0.898. The van der Waals surface area contributed by atoms with Gasteiger partial charge < -0.3 is 4.98 Å². The summed E-state index contributed by atoms with van der Waals surface area (Å²) in [5, 5.41) is 2.22. The number of aromatic amines is 1. The van der Waals surface area contributed by atoms with Crippen LogP contribution >= 0.6 is 0 Å². The van der Waals surface area contributed by atoms with E-state index in [1.165, 1.54) is 0 Å². The van der Waals surface area contributed by atoms with Crippen LogP contribution in [-0.2, 0) is 0 Å². The summed E-state index contributed by atoms with van der Waals surface area (Å²) in [5.41, 5.74) is 5.08. The van der Waals surface area contributed by atoms with Gasteiger partial charge in [0.2, 0.25) is 0 Å². The van der Waals surface area contributed by atoms with E-state index in [1.54, 1.807) is 6.20 Å². The predicted octanol–water partition coefficient (Wildman–Crippen LogP) is 4.09. The van der Waals surface area contributed by atoms with Gasteiger partial charge in [0.25, 0.3) is 0 Å². The summed E-state index contributed by atoms with van der Waals surface area (Å²) in [5.74, 6) is 0. The summed E-state index contributed by atoms with van der Waals surface area (Å²) >= 11 is 0. The molecule has 19 heavy (non-hydrogen) atoms. The quantitative estimate of drug-likeness (QED) is 0.695. The smallest absolute Gasteiger partial charge is 0.139 e. The molecule has 0 fully saturated rings. The number of fused-ring (bicyclic) bond motifs is 3. The Hall–Kier alpha value is -2.42. The molecule has 0 aliphatic rings. The van der Waals surface area contributed by atoms with Crippen molar-refractivity contribution in [2.75, 3.05) is 0 Å². The lowest BCUT2D eigenvalue weighted by Crippen LogP contribution is -1.87. The number of hydrogen-bond donors (Lipinski definition) is 1. The highest BCUT2D eigenvalue weighted by Crippen LogP contribution is 2.25. The fraction of sp³-hybridized carbons (Fsp3) is 0.125. The third-order valence-electron chi connectivity index (χ3n) is 3.13. The van der Waals surface area contributed by atoms with E-state index in [-0.39, 0.29) is 0 Å². The fourth-order valence-electron chi connectivity index (χ4n) is 2.28. The van der Waals surface area contributed by atoms with Crippen molar-refractivity contribution in [3.63, 3.8) is 0 Å². The molecule has 0 saturated heterocycles. The Morgan fingerprint density at radius 2 is 2.05 bits per heavy atom. The maximum atomic E-state index is 4.67. The van der Waals surface area contributed by atoms with Crippen LogP contribution in [0, 0.1) is 0 Å². The maximum absolute atomic E-state index is 4.67. The first kappa shape index (κ1) is 11.7. The van der Waals surface area contributed by atoms with Crippen LogP contribution in [-0.4, -0.2) is 15.0 Å². The molecule has 3 nitrogen and oxygen atoms in total. The number of rotatable bonds is 2. The van der Waals surface area contributed by atoms with Crippen LogP contribution in [0.1, 0.15) is 19.5 Å². The topological polar surface area (TPSA) is 41.6 Å². The SMILES string of the molecule is C=C(C)/C=C(\C)c1ccc2c(n1)[nH]c1ccncc12. The van der Waals surface area contributed by atoms with Crippen LogP contribution in [0.25, 0.3) is 27.5 Å². The zero-order valence-electron chi connectivity index (χ0n) is 11.1. The van der Waals surface area contributed by atoms with Crippen molar-refractivity contribution in [1.29, 1.82) is 0 Å². The Bertz CT molecular complexity index is 809. The first-order valence-electron chi connectivity index (χ1n) is 6.22. The van der Waals surface area contributed by atoms with Crippen LogP contribution in [0.3, 0.4) is 0 Å². The molecule has 0 amide bonds. The van der Waals surface area contributed by atoms with Crippen molar-refractivity contribution >= 4 is 27.5 Å². The largest absolute Gasteiger partial charge is 0.339 e. The van der Waals surface area contributed by atoms with Gasteiger partial charge in [0.1, 0.15) is 5.65 Å². The minimum absolute atomic E-state index is 0.898. The van der Waals surface area contributed by atoms with Crippen molar-refractivity contribution in [3.05, 3.63) is 54.5 Å². The van der Waals surface area contributed by atoms with Gasteiger partial charge in [-0.3, -0.25) is 4.98 Å². The van der Waals surface area contributed by atoms with Gasteiger partial charge >= 0.3 is 0 Å². The first-order valence-corrected chi connectivity index (χ1v) is 6.22. The second-order valence-electron chi connectivity index (χ2n) is 4.81. The monoisotopic (exact) mass is 249 g/mol. The Labute approximate surface area is 111 Å². The number of aromatic nitrogens is 3. The van der Waals surface area contributed by atoms with Crippen LogP contribution < -0.4 is 0 Å². The van der Waals surface area contributed by atoms with Crippen molar-refractivity contribution < 1.29 is 0 Å². The Morgan fingerprint density at radius 1 is 1.21 bits per heavy atom. The number of hydrogen-bond acceptors (Lipinski definition) is 2. The third-order valence-corrected chi connectivity index (χ3v) is 3.13. The highest BCUT2D eigenvalue weighted by atomic mass is 14.9. The van der Waals surface area contributed by atoms with Crippen LogP contribution in [0.5, 0.6) is 0 Å². The lowest BCUT2D eigenvalue weighted by atomic mass is 10.1. The molecule has 0 bridgehead atoms. The zero-order valence-corrected chi connectivity index (χ0v) is 11.1. The molecule has 3 aromatic heterocycles. The lowest BCUT2D eigenvalue weighted by Gasteiger charge is -2.01. The van der Waals surface area contributed by atoms with Crippen molar-refractivity contribution in [3.8, 4) is 0 Å². The van der Waals surface area contributed by atoms with Crippen molar-refractivity contribution in [2.45, 2.75) is 13.8 Å². The van der Waals surface area contributed by atoms with E-state index in [2.05, 4.69) is 27.6 Å². The average molecular weight is 249 g/mol. The van der Waals surface area contributed by atoms with Crippen molar-refractivity contribution in [1.82, 2.24) is 15.0 Å². The molecule has 1 N–H and O–H groups in total. The highest BCUT2D eigenvalue weighted by molar-refractivity contribution is 6.05. The second kappa shape index (κ2) is 4.35. The number of allylic oxidation sites excluding steroid dienone is 3. The van der Waals surface area contributed by atoms with Gasteiger partial charge in [-0.25, -0.2) is 4.98 Å². The number of pyridine rings is 2. The van der Waals surface area contributed by atoms with Crippen molar-refractivity contribution in [2.24, 2.45) is 0 Å². The Balaban J connectivity index is 2.21. The van der Waals surface area contributed by atoms with Gasteiger partial charge in [-0.15, -0.1) is 0 Å². The predicted molar refractivity (Wildman–Crippen MR) is 79.9 cm³/mol. The number of H-pyrrole nitrogens is 1. The highest BCUT2D eigenvalue weighted by Gasteiger charge is 2.06. The Morgan fingerprint density at radius 3 is 2.84 bits per heavy atom. The normalized spacial score (nSPS) is 12.2. The maximum Gasteiger partial charge on any atom is 0.139 e. The molecule has 0 atom stereocenters. The third kappa shape index (κ3) is 2.03. The summed E-state index contributed by atoms with van der Waals surface area (Å²) in [7, 11) is 0. The molecule has 3 aromatic rings. The van der Waals surface area contributed by atoms with E-state index in [9.17, 15) is 0 Å². The van der Waals surface area contributed by atoms with E-state index in [0.717, 1.165) is 38.8 Å². The van der Waals surface area contributed by atoms with Crippen LogP contribution in [0.4, 0.5) is 0 Å². The van der Waals surface area contributed by atoms with Crippen LogP contribution in [0.15, 0.2) is 48.8 Å². The standard InChI is InChI=1S/C16H15N3/c1-10(2)8-11(3)14-5-4-12-13-9-17-7-6-15(13)19-16(12)18-14/h4-9H,1H2,2-3H3,(H,18,19)/b11-8+. The summed E-state index contributed by atoms with van der Waals surface area (Å²) in [6, 6.07) is 6.10. The summed E-state index contributed by atoms with van der Waals surface area (Å²) < 4.78 is 0. The van der Waals surface area contributed by atoms with Gasteiger partial charge in [0, 0.05) is 23.2 Å². The lowest BCUT2D eigenvalue weighted by molar-refractivity contribution is 1.29. The molecule has 3 heterocycles. The molecule has 0 spiro atoms. The molecule has 94 valence electrons. The molecule has 0 radical (unpaired) electrons. The van der Waals surface area contributed by atoms with E-state index in [0.29, 0.717) is 0 Å². The molecule has 0 unspecified atom stereocenters. The average Bonchev–Trinajstić information content (AvgIpc) is 2.75. The second-order valence-corrected chi connectivity index (χ2v) is 4.81. The Kier molecular flexibility index (Phi) is 2.67. The van der Waals surface area contributed by atoms with E-state index < -0.39 is 0 Å². The van der Waals surface area contributed by atoms with Gasteiger partial charge in [0.15, 0.2) is 0 Å². The summed E-state index contributed by atoms with van der Waals surface area (Å²) in [6.45, 7) is 7.93. The molecular formula is C16H15N3. The first-order chi connectivity index (χ1) is 9.15. The number of nitrogens with one attached hydrogen (secondary N) is 1.